The third kappa shape index (κ3) is 3.58. The standard InChI is InChI=1S/C8H15Cl/c1-4-6-8(9)7(3)5-2/h5,7-8H,2,4,6H2,1,3H3. The van der Waals surface area contributed by atoms with Crippen LogP contribution in [0, 0.1) is 5.92 Å². The number of halogens is 1. The Labute approximate surface area is 62.9 Å². The molecule has 2 atom stereocenters. The lowest BCUT2D eigenvalue weighted by Gasteiger charge is -2.11. The van der Waals surface area contributed by atoms with E-state index >= 15 is 0 Å². The molecule has 0 aliphatic carbocycles. The molecule has 0 bridgehead atoms. The Morgan fingerprint density at radius 2 is 2.22 bits per heavy atom. The molecule has 0 amide bonds. The molecule has 2 unspecified atom stereocenters. The highest BCUT2D eigenvalue weighted by atomic mass is 35.5. The van der Waals surface area contributed by atoms with Crippen LogP contribution < -0.4 is 0 Å². The Morgan fingerprint density at radius 1 is 1.67 bits per heavy atom. The average molecular weight is 147 g/mol. The highest BCUT2D eigenvalue weighted by Crippen LogP contribution is 2.15. The number of alkyl halides is 1. The highest BCUT2D eigenvalue weighted by molar-refractivity contribution is 6.20. The first-order valence-electron chi connectivity index (χ1n) is 3.49. The van der Waals surface area contributed by atoms with Crippen LogP contribution in [-0.2, 0) is 0 Å². The minimum absolute atomic E-state index is 0.285. The maximum absolute atomic E-state index is 5.96. The van der Waals surface area contributed by atoms with E-state index in [4.69, 9.17) is 11.6 Å². The fourth-order valence-electron chi connectivity index (χ4n) is 0.686. The van der Waals surface area contributed by atoms with E-state index in [2.05, 4.69) is 20.4 Å². The molecular weight excluding hydrogens is 132 g/mol. The normalized spacial score (nSPS) is 16.8. The van der Waals surface area contributed by atoms with E-state index in [-0.39, 0.29) is 5.38 Å². The van der Waals surface area contributed by atoms with Crippen molar-refractivity contribution in [1.29, 1.82) is 0 Å². The number of hydrogen-bond acceptors (Lipinski definition) is 0. The quantitative estimate of drug-likeness (QED) is 0.422. The summed E-state index contributed by atoms with van der Waals surface area (Å²) in [6, 6.07) is 0. The zero-order valence-electron chi connectivity index (χ0n) is 6.23. The molecule has 0 aromatic carbocycles. The minimum Gasteiger partial charge on any atom is -0.122 e. The van der Waals surface area contributed by atoms with Crippen molar-refractivity contribution < 1.29 is 0 Å². The van der Waals surface area contributed by atoms with Gasteiger partial charge in [-0.05, 0) is 12.3 Å². The van der Waals surface area contributed by atoms with E-state index in [1.165, 1.54) is 0 Å². The molecule has 0 aliphatic rings. The summed E-state index contributed by atoms with van der Waals surface area (Å²) in [6.07, 6.45) is 4.16. The lowest BCUT2D eigenvalue weighted by Crippen LogP contribution is -2.07. The maximum Gasteiger partial charge on any atom is 0.0395 e. The van der Waals surface area contributed by atoms with E-state index in [0.29, 0.717) is 5.92 Å². The van der Waals surface area contributed by atoms with Crippen molar-refractivity contribution >= 4 is 11.6 Å². The molecule has 0 radical (unpaired) electrons. The fraction of sp³-hybridized carbons (Fsp3) is 0.750. The Hall–Kier alpha value is 0.0300. The van der Waals surface area contributed by atoms with Gasteiger partial charge in [0.25, 0.3) is 0 Å². The number of rotatable bonds is 4. The zero-order chi connectivity index (χ0) is 7.28. The number of allylic oxidation sites excluding steroid dienone is 1. The predicted molar refractivity (Wildman–Crippen MR) is 43.9 cm³/mol. The summed E-state index contributed by atoms with van der Waals surface area (Å²) in [7, 11) is 0. The average Bonchev–Trinajstić information content (AvgIpc) is 1.87. The fourth-order valence-corrected chi connectivity index (χ4v) is 1.01. The predicted octanol–water partition coefficient (Wildman–Crippen LogP) is 3.22. The first-order chi connectivity index (χ1) is 4.22. The zero-order valence-corrected chi connectivity index (χ0v) is 6.99. The van der Waals surface area contributed by atoms with Crippen molar-refractivity contribution in [2.24, 2.45) is 5.92 Å². The van der Waals surface area contributed by atoms with Gasteiger partial charge in [-0.25, -0.2) is 0 Å². The second-order valence-corrected chi connectivity index (χ2v) is 2.96. The van der Waals surface area contributed by atoms with Gasteiger partial charge in [0, 0.05) is 5.38 Å². The smallest absolute Gasteiger partial charge is 0.0395 e. The Morgan fingerprint density at radius 3 is 2.56 bits per heavy atom. The van der Waals surface area contributed by atoms with Gasteiger partial charge in [-0.1, -0.05) is 26.3 Å². The van der Waals surface area contributed by atoms with Crippen molar-refractivity contribution in [3.63, 3.8) is 0 Å². The van der Waals surface area contributed by atoms with Gasteiger partial charge in [0.2, 0.25) is 0 Å². The molecule has 0 aliphatic heterocycles. The summed E-state index contributed by atoms with van der Waals surface area (Å²) in [5.74, 6) is 0.451. The SMILES string of the molecule is C=CC(C)C(Cl)CCC. The van der Waals surface area contributed by atoms with Crippen molar-refractivity contribution in [3.05, 3.63) is 12.7 Å². The molecule has 0 saturated heterocycles. The molecule has 1 heteroatoms. The molecular formula is C8H15Cl. The van der Waals surface area contributed by atoms with E-state index in [1.54, 1.807) is 0 Å². The van der Waals surface area contributed by atoms with Gasteiger partial charge in [0.05, 0.1) is 0 Å². The molecule has 0 aromatic heterocycles. The second kappa shape index (κ2) is 4.87. The first kappa shape index (κ1) is 9.03. The van der Waals surface area contributed by atoms with E-state index in [0.717, 1.165) is 12.8 Å². The van der Waals surface area contributed by atoms with Crippen molar-refractivity contribution in [2.45, 2.75) is 32.1 Å². The van der Waals surface area contributed by atoms with E-state index < -0.39 is 0 Å². The first-order valence-corrected chi connectivity index (χ1v) is 3.92. The monoisotopic (exact) mass is 146 g/mol. The Kier molecular flexibility index (Phi) is 4.88. The Balaban J connectivity index is 3.44. The van der Waals surface area contributed by atoms with Gasteiger partial charge in [0.15, 0.2) is 0 Å². The van der Waals surface area contributed by atoms with E-state index in [9.17, 15) is 0 Å². The topological polar surface area (TPSA) is 0 Å². The minimum atomic E-state index is 0.285. The van der Waals surface area contributed by atoms with Gasteiger partial charge in [-0.2, -0.15) is 0 Å². The van der Waals surface area contributed by atoms with Crippen LogP contribution in [0.2, 0.25) is 0 Å². The summed E-state index contributed by atoms with van der Waals surface area (Å²) in [5, 5.41) is 0.285. The molecule has 0 spiro atoms. The molecule has 0 nitrogen and oxygen atoms in total. The van der Waals surface area contributed by atoms with Crippen LogP contribution in [0.3, 0.4) is 0 Å². The maximum atomic E-state index is 5.96. The molecule has 0 N–H and O–H groups in total. The summed E-state index contributed by atoms with van der Waals surface area (Å²) in [6.45, 7) is 7.92. The summed E-state index contributed by atoms with van der Waals surface area (Å²) in [4.78, 5) is 0. The summed E-state index contributed by atoms with van der Waals surface area (Å²) < 4.78 is 0. The van der Waals surface area contributed by atoms with Crippen molar-refractivity contribution in [2.75, 3.05) is 0 Å². The third-order valence-electron chi connectivity index (χ3n) is 1.51. The van der Waals surface area contributed by atoms with E-state index in [1.807, 2.05) is 6.08 Å². The van der Waals surface area contributed by atoms with Gasteiger partial charge < -0.3 is 0 Å². The molecule has 0 rings (SSSR count). The van der Waals surface area contributed by atoms with Crippen LogP contribution >= 0.6 is 11.6 Å². The third-order valence-corrected chi connectivity index (χ3v) is 2.12. The lowest BCUT2D eigenvalue weighted by molar-refractivity contribution is 0.609. The molecule has 0 fully saturated rings. The van der Waals surface area contributed by atoms with Crippen LogP contribution in [0.15, 0.2) is 12.7 Å². The molecule has 0 aromatic rings. The Bertz CT molecular complexity index is 78.6. The van der Waals surface area contributed by atoms with Gasteiger partial charge >= 0.3 is 0 Å². The van der Waals surface area contributed by atoms with Gasteiger partial charge in [-0.15, -0.1) is 18.2 Å². The molecule has 0 saturated carbocycles. The van der Waals surface area contributed by atoms with Crippen molar-refractivity contribution in [3.8, 4) is 0 Å². The highest BCUT2D eigenvalue weighted by Gasteiger charge is 2.08. The lowest BCUT2D eigenvalue weighted by atomic mass is 10.0. The van der Waals surface area contributed by atoms with Crippen LogP contribution in [0.4, 0.5) is 0 Å². The summed E-state index contributed by atoms with van der Waals surface area (Å²) >= 11 is 5.96. The summed E-state index contributed by atoms with van der Waals surface area (Å²) in [5.41, 5.74) is 0. The van der Waals surface area contributed by atoms with Crippen molar-refractivity contribution in [1.82, 2.24) is 0 Å². The van der Waals surface area contributed by atoms with Gasteiger partial charge in [-0.3, -0.25) is 0 Å². The van der Waals surface area contributed by atoms with Crippen LogP contribution in [0.5, 0.6) is 0 Å². The molecule has 9 heavy (non-hydrogen) atoms. The molecule has 0 heterocycles. The largest absolute Gasteiger partial charge is 0.122 e. The number of hydrogen-bond donors (Lipinski definition) is 0. The molecule has 54 valence electrons. The second-order valence-electron chi connectivity index (χ2n) is 2.40. The van der Waals surface area contributed by atoms with Crippen LogP contribution in [0.25, 0.3) is 0 Å². The van der Waals surface area contributed by atoms with Crippen LogP contribution in [0.1, 0.15) is 26.7 Å². The van der Waals surface area contributed by atoms with Gasteiger partial charge in [0.1, 0.15) is 0 Å². The van der Waals surface area contributed by atoms with Crippen LogP contribution in [-0.4, -0.2) is 5.38 Å².